The smallest absolute Gasteiger partial charge is 0.163 e. The summed E-state index contributed by atoms with van der Waals surface area (Å²) in [7, 11) is 1.85. The highest BCUT2D eigenvalue weighted by Crippen LogP contribution is 2.27. The van der Waals surface area contributed by atoms with Gasteiger partial charge in [0, 0.05) is 7.05 Å². The van der Waals surface area contributed by atoms with Crippen LogP contribution in [0.25, 0.3) is 11.0 Å². The molecule has 0 atom stereocenters. The van der Waals surface area contributed by atoms with Crippen LogP contribution in [0.15, 0.2) is 27.9 Å². The molecule has 19 heavy (non-hydrogen) atoms. The number of nitrogens with one attached hydrogen (secondary N) is 1. The fraction of sp³-hybridized carbons (Fsp3) is 0.182. The molecule has 3 rings (SSSR count). The molecule has 0 amide bonds. The van der Waals surface area contributed by atoms with E-state index in [2.05, 4.69) is 31.9 Å². The van der Waals surface area contributed by atoms with Crippen LogP contribution in [-0.2, 0) is 12.8 Å². The topological polar surface area (TPSA) is 81.7 Å². The number of anilines is 1. The minimum absolute atomic E-state index is 0.611. The van der Waals surface area contributed by atoms with Crippen LogP contribution in [0.1, 0.15) is 5.82 Å². The summed E-state index contributed by atoms with van der Waals surface area (Å²) in [6, 6.07) is 4.12. The van der Waals surface area contributed by atoms with E-state index in [0.717, 1.165) is 16.9 Å². The van der Waals surface area contributed by atoms with Crippen molar-refractivity contribution in [3.05, 3.63) is 29.5 Å². The van der Waals surface area contributed by atoms with Gasteiger partial charge in [-0.05, 0) is 11.4 Å². The Labute approximate surface area is 118 Å². The van der Waals surface area contributed by atoms with Gasteiger partial charge in [-0.2, -0.15) is 5.10 Å². The van der Waals surface area contributed by atoms with Gasteiger partial charge >= 0.3 is 0 Å². The van der Waals surface area contributed by atoms with Gasteiger partial charge in [-0.25, -0.2) is 15.8 Å². The van der Waals surface area contributed by atoms with Crippen LogP contribution in [0.5, 0.6) is 0 Å². The standard InChI is InChI=1S/C11H12N6S2/c1-17-11-7(5-13-17)10(16-12)14-8(15-11)6-19-9-3-2-4-18-9/h2-5H,6,12H2,1H3,(H,14,15,16). The van der Waals surface area contributed by atoms with Crippen molar-refractivity contribution in [3.8, 4) is 0 Å². The molecule has 0 spiro atoms. The fourth-order valence-corrected chi connectivity index (χ4v) is 3.36. The minimum atomic E-state index is 0.611. The van der Waals surface area contributed by atoms with E-state index in [1.54, 1.807) is 34.0 Å². The first-order valence-corrected chi connectivity index (χ1v) is 7.46. The molecule has 3 heterocycles. The van der Waals surface area contributed by atoms with Gasteiger partial charge in [0.05, 0.1) is 21.5 Å². The molecule has 3 N–H and O–H groups in total. The highest BCUT2D eigenvalue weighted by molar-refractivity contribution is 8.00. The van der Waals surface area contributed by atoms with E-state index in [1.165, 1.54) is 4.21 Å². The number of hydrazine groups is 1. The summed E-state index contributed by atoms with van der Waals surface area (Å²) >= 11 is 3.42. The molecule has 0 aliphatic rings. The van der Waals surface area contributed by atoms with Crippen molar-refractivity contribution in [3.63, 3.8) is 0 Å². The van der Waals surface area contributed by atoms with Crippen molar-refractivity contribution in [1.82, 2.24) is 19.7 Å². The van der Waals surface area contributed by atoms with Crippen LogP contribution in [0.4, 0.5) is 5.82 Å². The second kappa shape index (κ2) is 5.16. The van der Waals surface area contributed by atoms with Gasteiger partial charge < -0.3 is 5.43 Å². The molecule has 98 valence electrons. The van der Waals surface area contributed by atoms with Gasteiger partial charge in [0.2, 0.25) is 0 Å². The third-order valence-corrected chi connectivity index (χ3v) is 4.74. The predicted molar refractivity (Wildman–Crippen MR) is 78.0 cm³/mol. The largest absolute Gasteiger partial charge is 0.308 e. The molecular formula is C11H12N6S2. The summed E-state index contributed by atoms with van der Waals surface area (Å²) in [6.07, 6.45) is 1.71. The van der Waals surface area contributed by atoms with Gasteiger partial charge in [0.1, 0.15) is 5.82 Å². The fourth-order valence-electron chi connectivity index (χ4n) is 1.72. The van der Waals surface area contributed by atoms with E-state index in [0.29, 0.717) is 11.6 Å². The normalized spacial score (nSPS) is 11.1. The van der Waals surface area contributed by atoms with Crippen LogP contribution in [0.3, 0.4) is 0 Å². The second-order valence-corrected chi connectivity index (χ2v) is 6.08. The molecule has 0 saturated carbocycles. The van der Waals surface area contributed by atoms with Gasteiger partial charge in [0.15, 0.2) is 11.5 Å². The van der Waals surface area contributed by atoms with Crippen molar-refractivity contribution < 1.29 is 0 Å². The van der Waals surface area contributed by atoms with Gasteiger partial charge in [-0.3, -0.25) is 4.68 Å². The number of aryl methyl sites for hydroxylation is 1. The highest BCUT2D eigenvalue weighted by Gasteiger charge is 2.11. The Morgan fingerprint density at radius 1 is 1.47 bits per heavy atom. The Morgan fingerprint density at radius 3 is 3.11 bits per heavy atom. The van der Waals surface area contributed by atoms with E-state index >= 15 is 0 Å². The molecule has 3 aromatic heterocycles. The van der Waals surface area contributed by atoms with Crippen LogP contribution in [-0.4, -0.2) is 19.7 Å². The molecule has 0 unspecified atom stereocenters. The Kier molecular flexibility index (Phi) is 3.36. The number of thioether (sulfide) groups is 1. The third kappa shape index (κ3) is 2.42. The summed E-state index contributed by atoms with van der Waals surface area (Å²) in [4.78, 5) is 8.94. The number of nitrogens with two attached hydrogens (primary N) is 1. The van der Waals surface area contributed by atoms with Gasteiger partial charge in [0.25, 0.3) is 0 Å². The van der Waals surface area contributed by atoms with E-state index in [4.69, 9.17) is 5.84 Å². The molecule has 0 fully saturated rings. The maximum Gasteiger partial charge on any atom is 0.163 e. The number of nitrogen functional groups attached to an aromatic ring is 1. The summed E-state index contributed by atoms with van der Waals surface area (Å²) in [5.74, 6) is 7.56. The number of nitrogens with zero attached hydrogens (tertiary/aromatic N) is 4. The van der Waals surface area contributed by atoms with Crippen molar-refractivity contribution in [2.45, 2.75) is 9.96 Å². The maximum atomic E-state index is 5.50. The number of hydrogen-bond acceptors (Lipinski definition) is 7. The lowest BCUT2D eigenvalue weighted by Crippen LogP contribution is -2.11. The highest BCUT2D eigenvalue weighted by atomic mass is 32.2. The molecule has 0 saturated heterocycles. The Balaban J connectivity index is 1.92. The number of thiophene rings is 1. The van der Waals surface area contributed by atoms with Crippen molar-refractivity contribution in [1.29, 1.82) is 0 Å². The lowest BCUT2D eigenvalue weighted by molar-refractivity contribution is 0.782. The first kappa shape index (κ1) is 12.4. The zero-order chi connectivity index (χ0) is 13.2. The van der Waals surface area contributed by atoms with E-state index in [-0.39, 0.29) is 0 Å². The average Bonchev–Trinajstić information content (AvgIpc) is 3.06. The quantitative estimate of drug-likeness (QED) is 0.435. The van der Waals surface area contributed by atoms with Crippen molar-refractivity contribution in [2.24, 2.45) is 12.9 Å². The van der Waals surface area contributed by atoms with Crippen LogP contribution in [0.2, 0.25) is 0 Å². The number of rotatable bonds is 4. The molecule has 0 radical (unpaired) electrons. The average molecular weight is 292 g/mol. The van der Waals surface area contributed by atoms with Crippen LogP contribution >= 0.6 is 23.1 Å². The van der Waals surface area contributed by atoms with E-state index < -0.39 is 0 Å². The molecule has 3 aromatic rings. The molecule has 0 bridgehead atoms. The summed E-state index contributed by atoms with van der Waals surface area (Å²) in [6.45, 7) is 0. The number of aromatic nitrogens is 4. The monoisotopic (exact) mass is 292 g/mol. The summed E-state index contributed by atoms with van der Waals surface area (Å²) in [5, 5.41) is 7.05. The lowest BCUT2D eigenvalue weighted by Gasteiger charge is -2.05. The van der Waals surface area contributed by atoms with Crippen LogP contribution in [0, 0.1) is 0 Å². The molecule has 8 heteroatoms. The second-order valence-electron chi connectivity index (χ2n) is 3.86. The Bertz CT molecular complexity index is 691. The zero-order valence-electron chi connectivity index (χ0n) is 10.2. The van der Waals surface area contributed by atoms with Gasteiger partial charge in [-0.15, -0.1) is 23.1 Å². The first-order chi connectivity index (χ1) is 9.28. The van der Waals surface area contributed by atoms with E-state index in [9.17, 15) is 0 Å². The summed E-state index contributed by atoms with van der Waals surface area (Å²) in [5.41, 5.74) is 3.39. The van der Waals surface area contributed by atoms with E-state index in [1.807, 2.05) is 13.1 Å². The Hall–Kier alpha value is -1.64. The van der Waals surface area contributed by atoms with Gasteiger partial charge in [-0.1, -0.05) is 6.07 Å². The molecule has 6 nitrogen and oxygen atoms in total. The first-order valence-electron chi connectivity index (χ1n) is 5.59. The minimum Gasteiger partial charge on any atom is -0.308 e. The predicted octanol–water partition coefficient (Wildman–Crippen LogP) is 2.00. The molecule has 0 aliphatic carbocycles. The number of fused-ring (bicyclic) bond motifs is 1. The summed E-state index contributed by atoms with van der Waals surface area (Å²) < 4.78 is 2.97. The lowest BCUT2D eigenvalue weighted by atomic mass is 10.4. The molecule has 0 aromatic carbocycles. The SMILES string of the molecule is Cn1ncc2c(NN)nc(CSc3cccs3)nc21. The third-order valence-electron chi connectivity index (χ3n) is 2.61. The van der Waals surface area contributed by atoms with Crippen LogP contribution < -0.4 is 11.3 Å². The molecular weight excluding hydrogens is 280 g/mol. The zero-order valence-corrected chi connectivity index (χ0v) is 11.8. The maximum absolute atomic E-state index is 5.50. The van der Waals surface area contributed by atoms with Crippen molar-refractivity contribution >= 4 is 39.9 Å². The Morgan fingerprint density at radius 2 is 2.37 bits per heavy atom. The van der Waals surface area contributed by atoms with Crippen molar-refractivity contribution in [2.75, 3.05) is 5.43 Å². The molecule has 0 aliphatic heterocycles. The number of hydrogen-bond donors (Lipinski definition) is 2.